The van der Waals surface area contributed by atoms with Crippen molar-refractivity contribution >= 4 is 39.5 Å². The number of benzene rings is 3. The van der Waals surface area contributed by atoms with Crippen LogP contribution in [-0.4, -0.2) is 35.1 Å². The Morgan fingerprint density at radius 3 is 2.18 bits per heavy atom. The molecular weight excluding hydrogens is 496 g/mol. The first kappa shape index (κ1) is 25.1. The van der Waals surface area contributed by atoms with Crippen molar-refractivity contribution in [1.82, 2.24) is 10.2 Å². The van der Waals surface area contributed by atoms with Gasteiger partial charge in [-0.25, -0.2) is 0 Å². The van der Waals surface area contributed by atoms with Crippen molar-refractivity contribution in [3.05, 3.63) is 106 Å². The van der Waals surface area contributed by atoms with Crippen LogP contribution in [0.5, 0.6) is 0 Å². The maximum Gasteiger partial charge on any atom is 0.243 e. The summed E-state index contributed by atoms with van der Waals surface area (Å²) in [6.45, 7) is 2.79. The fourth-order valence-electron chi connectivity index (χ4n) is 3.59. The van der Waals surface area contributed by atoms with Gasteiger partial charge in [0, 0.05) is 29.7 Å². The Bertz CT molecular complexity index is 1030. The molecule has 0 aromatic heterocycles. The first-order valence-electron chi connectivity index (χ1n) is 11.0. The van der Waals surface area contributed by atoms with Crippen molar-refractivity contribution in [3.8, 4) is 0 Å². The van der Waals surface area contributed by atoms with Gasteiger partial charge in [-0.05, 0) is 35.7 Å². The Morgan fingerprint density at radius 1 is 0.909 bits per heavy atom. The average molecular weight is 526 g/mol. The van der Waals surface area contributed by atoms with E-state index in [0.29, 0.717) is 25.3 Å². The maximum absolute atomic E-state index is 13.5. The van der Waals surface area contributed by atoms with Crippen LogP contribution in [0.4, 0.5) is 0 Å². The predicted octanol–water partition coefficient (Wildman–Crippen LogP) is 5.46. The highest BCUT2D eigenvalue weighted by Gasteiger charge is 2.30. The fourth-order valence-corrected chi connectivity index (χ4v) is 4.91. The van der Waals surface area contributed by atoms with E-state index in [0.717, 1.165) is 21.4 Å². The number of likely N-dealkylation sites (N-methyl/N-ethyl adjacent to an activating group) is 1. The van der Waals surface area contributed by atoms with E-state index in [2.05, 4.69) is 33.4 Å². The van der Waals surface area contributed by atoms with Gasteiger partial charge >= 0.3 is 0 Å². The van der Waals surface area contributed by atoms with Crippen LogP contribution < -0.4 is 5.32 Å². The van der Waals surface area contributed by atoms with Crippen LogP contribution in [0.1, 0.15) is 23.6 Å². The minimum absolute atomic E-state index is 0.0388. The monoisotopic (exact) mass is 524 g/mol. The van der Waals surface area contributed by atoms with Crippen LogP contribution in [0, 0.1) is 0 Å². The molecular formula is C27H29BrN2O2S. The molecule has 1 N–H and O–H groups in total. The summed E-state index contributed by atoms with van der Waals surface area (Å²) in [5.74, 6) is 0.899. The number of halogens is 1. The zero-order valence-corrected chi connectivity index (χ0v) is 21.1. The number of carbonyl (C=O) groups is 2. The van der Waals surface area contributed by atoms with E-state index < -0.39 is 6.04 Å². The van der Waals surface area contributed by atoms with Gasteiger partial charge in [0.2, 0.25) is 11.8 Å². The Morgan fingerprint density at radius 2 is 1.55 bits per heavy atom. The van der Waals surface area contributed by atoms with E-state index in [4.69, 9.17) is 0 Å². The van der Waals surface area contributed by atoms with E-state index >= 15 is 0 Å². The quantitative estimate of drug-likeness (QED) is 0.362. The molecule has 0 unspecified atom stereocenters. The molecule has 3 rings (SSSR count). The van der Waals surface area contributed by atoms with Crippen LogP contribution in [0.25, 0.3) is 0 Å². The molecule has 4 nitrogen and oxygen atoms in total. The molecule has 0 fully saturated rings. The number of amides is 2. The van der Waals surface area contributed by atoms with Crippen molar-refractivity contribution in [2.24, 2.45) is 0 Å². The summed E-state index contributed by atoms with van der Waals surface area (Å²) in [7, 11) is 0. The van der Waals surface area contributed by atoms with Crippen LogP contribution >= 0.6 is 27.7 Å². The van der Waals surface area contributed by atoms with Gasteiger partial charge in [0.1, 0.15) is 6.04 Å². The highest BCUT2D eigenvalue weighted by atomic mass is 79.9. The standard InChI is InChI=1S/C27H29BrN2O2S/c1-2-29-27(32)25(17-21-10-5-3-6-11-21)30(18-23-14-9-15-24(28)16-23)26(31)20-33-19-22-12-7-4-8-13-22/h3-16,25H,2,17-20H2,1H3,(H,29,32)/t25-/m0/s1. The summed E-state index contributed by atoms with van der Waals surface area (Å²) < 4.78 is 0.948. The summed E-state index contributed by atoms with van der Waals surface area (Å²) in [6.07, 6.45) is 0.468. The van der Waals surface area contributed by atoms with Gasteiger partial charge in [-0.3, -0.25) is 9.59 Å². The van der Waals surface area contributed by atoms with Crippen molar-refractivity contribution in [2.75, 3.05) is 12.3 Å². The highest BCUT2D eigenvalue weighted by Crippen LogP contribution is 2.20. The maximum atomic E-state index is 13.5. The first-order chi connectivity index (χ1) is 16.1. The third kappa shape index (κ3) is 8.06. The molecule has 0 aliphatic carbocycles. The Labute approximate surface area is 208 Å². The molecule has 2 amide bonds. The largest absolute Gasteiger partial charge is 0.355 e. The van der Waals surface area contributed by atoms with Crippen LogP contribution in [-0.2, 0) is 28.3 Å². The molecule has 0 aliphatic rings. The molecule has 0 spiro atoms. The number of hydrogen-bond acceptors (Lipinski definition) is 3. The lowest BCUT2D eigenvalue weighted by atomic mass is 10.0. The second-order valence-electron chi connectivity index (χ2n) is 7.73. The second kappa shape index (κ2) is 13.2. The molecule has 0 bridgehead atoms. The van der Waals surface area contributed by atoms with Gasteiger partial charge in [-0.2, -0.15) is 0 Å². The van der Waals surface area contributed by atoms with Gasteiger partial charge in [0.25, 0.3) is 0 Å². The molecule has 172 valence electrons. The topological polar surface area (TPSA) is 49.4 Å². The molecule has 33 heavy (non-hydrogen) atoms. The van der Waals surface area contributed by atoms with E-state index in [1.165, 1.54) is 5.56 Å². The Balaban J connectivity index is 1.82. The van der Waals surface area contributed by atoms with E-state index in [-0.39, 0.29) is 11.8 Å². The second-order valence-corrected chi connectivity index (χ2v) is 9.63. The summed E-state index contributed by atoms with van der Waals surface area (Å²) in [5.41, 5.74) is 3.18. The zero-order chi connectivity index (χ0) is 23.5. The van der Waals surface area contributed by atoms with Gasteiger partial charge < -0.3 is 10.2 Å². The van der Waals surface area contributed by atoms with Crippen molar-refractivity contribution in [3.63, 3.8) is 0 Å². The Kier molecular flexibility index (Phi) is 10.0. The summed E-state index contributed by atoms with van der Waals surface area (Å²) in [4.78, 5) is 28.3. The van der Waals surface area contributed by atoms with Gasteiger partial charge in [0.15, 0.2) is 0 Å². The fraction of sp³-hybridized carbons (Fsp3) is 0.259. The first-order valence-corrected chi connectivity index (χ1v) is 13.0. The molecule has 1 atom stereocenters. The molecule has 0 saturated carbocycles. The van der Waals surface area contributed by atoms with Crippen LogP contribution in [0.15, 0.2) is 89.4 Å². The third-order valence-electron chi connectivity index (χ3n) is 5.20. The molecule has 3 aromatic carbocycles. The van der Waals surface area contributed by atoms with Crippen molar-refractivity contribution in [1.29, 1.82) is 0 Å². The number of nitrogens with zero attached hydrogens (tertiary/aromatic N) is 1. The highest BCUT2D eigenvalue weighted by molar-refractivity contribution is 9.10. The lowest BCUT2D eigenvalue weighted by Gasteiger charge is -2.31. The SMILES string of the molecule is CCNC(=O)[C@H](Cc1ccccc1)N(Cc1cccc(Br)c1)C(=O)CSCc1ccccc1. The number of thioether (sulfide) groups is 1. The molecule has 6 heteroatoms. The summed E-state index contributed by atoms with van der Waals surface area (Å²) in [5, 5.41) is 2.93. The molecule has 0 saturated heterocycles. The van der Waals surface area contributed by atoms with Gasteiger partial charge in [-0.1, -0.05) is 88.7 Å². The number of nitrogens with one attached hydrogen (secondary N) is 1. The number of carbonyl (C=O) groups excluding carboxylic acids is 2. The normalized spacial score (nSPS) is 11.6. The van der Waals surface area contributed by atoms with Crippen LogP contribution in [0.2, 0.25) is 0 Å². The number of hydrogen-bond donors (Lipinski definition) is 1. The summed E-state index contributed by atoms with van der Waals surface area (Å²) in [6, 6.07) is 27.3. The minimum Gasteiger partial charge on any atom is -0.355 e. The predicted molar refractivity (Wildman–Crippen MR) is 140 cm³/mol. The van der Waals surface area contributed by atoms with E-state index in [1.54, 1.807) is 16.7 Å². The lowest BCUT2D eigenvalue weighted by molar-refractivity contribution is -0.139. The van der Waals surface area contributed by atoms with E-state index in [1.807, 2.05) is 79.7 Å². The van der Waals surface area contributed by atoms with E-state index in [9.17, 15) is 9.59 Å². The average Bonchev–Trinajstić information content (AvgIpc) is 2.83. The molecule has 3 aromatic rings. The summed E-state index contributed by atoms with van der Waals surface area (Å²) >= 11 is 5.09. The molecule has 0 heterocycles. The van der Waals surface area contributed by atoms with Crippen LogP contribution in [0.3, 0.4) is 0 Å². The van der Waals surface area contributed by atoms with Gasteiger partial charge in [0.05, 0.1) is 5.75 Å². The number of rotatable bonds is 11. The third-order valence-corrected chi connectivity index (χ3v) is 6.68. The van der Waals surface area contributed by atoms with Crippen molar-refractivity contribution in [2.45, 2.75) is 31.7 Å². The molecule has 0 aliphatic heterocycles. The van der Waals surface area contributed by atoms with Gasteiger partial charge in [-0.15, -0.1) is 11.8 Å². The van der Waals surface area contributed by atoms with Crippen molar-refractivity contribution < 1.29 is 9.59 Å². The Hall–Kier alpha value is -2.57. The molecule has 0 radical (unpaired) electrons. The minimum atomic E-state index is -0.587. The zero-order valence-electron chi connectivity index (χ0n) is 18.7. The lowest BCUT2D eigenvalue weighted by Crippen LogP contribution is -2.51. The smallest absolute Gasteiger partial charge is 0.243 e.